The van der Waals surface area contributed by atoms with E-state index in [1.807, 2.05) is 30.3 Å². The van der Waals surface area contributed by atoms with Crippen LogP contribution in [0.2, 0.25) is 0 Å². The Labute approximate surface area is 94.0 Å². The molecule has 0 fully saturated rings. The highest BCUT2D eigenvalue weighted by atomic mass is 15.2. The molecule has 0 saturated heterocycles. The second-order valence-corrected chi connectivity index (χ2v) is 3.22. The Balaban J connectivity index is 1.99. The van der Waals surface area contributed by atoms with Gasteiger partial charge in [0.25, 0.3) is 0 Å². The molecule has 0 unspecified atom stereocenters. The van der Waals surface area contributed by atoms with E-state index in [4.69, 9.17) is 0 Å². The third kappa shape index (κ3) is 2.66. The number of nitrogens with one attached hydrogen (secondary N) is 2. The van der Waals surface area contributed by atoms with Crippen molar-refractivity contribution in [2.75, 3.05) is 17.7 Å². The monoisotopic (exact) mass is 215 g/mol. The minimum atomic E-state index is 0.561. The number of benzene rings is 1. The number of nitrogens with zero attached hydrogens (tertiary/aromatic N) is 3. The molecule has 1 aromatic carbocycles. The van der Waals surface area contributed by atoms with Crippen LogP contribution in [0.1, 0.15) is 5.56 Å². The second kappa shape index (κ2) is 5.06. The maximum absolute atomic E-state index is 4.16. The maximum Gasteiger partial charge on any atom is 0.227 e. The summed E-state index contributed by atoms with van der Waals surface area (Å²) in [5.74, 6) is 1.13. The lowest BCUT2D eigenvalue weighted by molar-refractivity contribution is 1.00. The van der Waals surface area contributed by atoms with Crippen LogP contribution < -0.4 is 10.6 Å². The Morgan fingerprint density at radius 1 is 1.06 bits per heavy atom. The number of hydrogen-bond donors (Lipinski definition) is 2. The number of aromatic nitrogens is 3. The van der Waals surface area contributed by atoms with Crippen LogP contribution in [0.4, 0.5) is 11.9 Å². The number of hydrogen-bond acceptors (Lipinski definition) is 5. The van der Waals surface area contributed by atoms with E-state index in [1.165, 1.54) is 11.9 Å². The summed E-state index contributed by atoms with van der Waals surface area (Å²) in [5.41, 5.74) is 1.19. The molecule has 0 atom stereocenters. The van der Waals surface area contributed by atoms with E-state index in [0.29, 0.717) is 18.4 Å². The van der Waals surface area contributed by atoms with Crippen LogP contribution in [0, 0.1) is 0 Å². The van der Waals surface area contributed by atoms with Gasteiger partial charge in [0.15, 0.2) is 0 Å². The Morgan fingerprint density at radius 2 is 1.81 bits per heavy atom. The zero-order chi connectivity index (χ0) is 11.2. The summed E-state index contributed by atoms with van der Waals surface area (Å²) in [6, 6.07) is 10.1. The molecule has 0 bridgehead atoms. The van der Waals surface area contributed by atoms with Crippen LogP contribution in [-0.4, -0.2) is 22.0 Å². The van der Waals surface area contributed by atoms with Gasteiger partial charge in [-0.15, -0.1) is 0 Å². The SMILES string of the molecule is CNc1ncnc(NCc2ccccc2)n1. The summed E-state index contributed by atoms with van der Waals surface area (Å²) < 4.78 is 0. The Bertz CT molecular complexity index is 443. The third-order valence-electron chi connectivity index (χ3n) is 2.09. The molecule has 0 radical (unpaired) electrons. The van der Waals surface area contributed by atoms with E-state index in [1.54, 1.807) is 7.05 Å². The van der Waals surface area contributed by atoms with Crippen molar-refractivity contribution in [3.8, 4) is 0 Å². The molecular formula is C11H13N5. The Morgan fingerprint density at radius 3 is 2.56 bits per heavy atom. The molecule has 2 N–H and O–H groups in total. The molecule has 5 nitrogen and oxygen atoms in total. The Hall–Kier alpha value is -2.17. The van der Waals surface area contributed by atoms with Gasteiger partial charge in [-0.1, -0.05) is 30.3 Å². The predicted octanol–water partition coefficient (Wildman–Crippen LogP) is 1.53. The summed E-state index contributed by atoms with van der Waals surface area (Å²) in [6.07, 6.45) is 1.48. The van der Waals surface area contributed by atoms with Gasteiger partial charge in [0.1, 0.15) is 6.33 Å². The maximum atomic E-state index is 4.16. The van der Waals surface area contributed by atoms with Gasteiger partial charge in [-0.25, -0.2) is 9.97 Å². The van der Waals surface area contributed by atoms with Crippen LogP contribution in [0.5, 0.6) is 0 Å². The van der Waals surface area contributed by atoms with Crippen molar-refractivity contribution in [1.29, 1.82) is 0 Å². The van der Waals surface area contributed by atoms with Crippen LogP contribution in [0.25, 0.3) is 0 Å². The molecule has 16 heavy (non-hydrogen) atoms. The molecule has 0 saturated carbocycles. The lowest BCUT2D eigenvalue weighted by Crippen LogP contribution is -2.06. The van der Waals surface area contributed by atoms with Crippen molar-refractivity contribution < 1.29 is 0 Å². The fraction of sp³-hybridized carbons (Fsp3) is 0.182. The van der Waals surface area contributed by atoms with E-state index in [2.05, 4.69) is 25.6 Å². The molecule has 82 valence electrons. The average Bonchev–Trinajstić information content (AvgIpc) is 2.38. The lowest BCUT2D eigenvalue weighted by atomic mass is 10.2. The summed E-state index contributed by atoms with van der Waals surface area (Å²) in [4.78, 5) is 12.1. The van der Waals surface area contributed by atoms with Gasteiger partial charge in [-0.2, -0.15) is 4.98 Å². The van der Waals surface area contributed by atoms with E-state index < -0.39 is 0 Å². The standard InChI is InChI=1S/C11H13N5/c1-12-10-14-8-15-11(16-10)13-7-9-5-3-2-4-6-9/h2-6,8H,7H2,1H3,(H2,12,13,14,15,16). The zero-order valence-electron chi connectivity index (χ0n) is 9.01. The molecule has 5 heteroatoms. The van der Waals surface area contributed by atoms with Gasteiger partial charge in [0.05, 0.1) is 0 Å². The molecule has 2 rings (SSSR count). The first-order valence-corrected chi connectivity index (χ1v) is 5.03. The van der Waals surface area contributed by atoms with Crippen LogP contribution in [-0.2, 0) is 6.54 Å². The summed E-state index contributed by atoms with van der Waals surface area (Å²) >= 11 is 0. The minimum Gasteiger partial charge on any atom is -0.357 e. The average molecular weight is 215 g/mol. The molecule has 0 aliphatic rings. The first-order chi connectivity index (χ1) is 7.88. The zero-order valence-corrected chi connectivity index (χ0v) is 9.01. The fourth-order valence-corrected chi connectivity index (χ4v) is 1.28. The fourth-order valence-electron chi connectivity index (χ4n) is 1.28. The van der Waals surface area contributed by atoms with Crippen molar-refractivity contribution in [3.05, 3.63) is 42.2 Å². The molecule has 0 aliphatic heterocycles. The molecule has 2 aromatic rings. The smallest absolute Gasteiger partial charge is 0.227 e. The molecular weight excluding hydrogens is 202 g/mol. The van der Waals surface area contributed by atoms with Crippen molar-refractivity contribution in [2.45, 2.75) is 6.54 Å². The summed E-state index contributed by atoms with van der Waals surface area (Å²) in [7, 11) is 1.77. The highest BCUT2D eigenvalue weighted by Crippen LogP contribution is 2.04. The van der Waals surface area contributed by atoms with E-state index in [9.17, 15) is 0 Å². The van der Waals surface area contributed by atoms with Crippen LogP contribution in [0.3, 0.4) is 0 Å². The van der Waals surface area contributed by atoms with Crippen molar-refractivity contribution in [2.24, 2.45) is 0 Å². The quantitative estimate of drug-likeness (QED) is 0.809. The van der Waals surface area contributed by atoms with E-state index in [0.717, 1.165) is 0 Å². The predicted molar refractivity (Wildman–Crippen MR) is 63.1 cm³/mol. The van der Waals surface area contributed by atoms with Gasteiger partial charge in [-0.3, -0.25) is 0 Å². The highest BCUT2D eigenvalue weighted by molar-refractivity contribution is 5.33. The van der Waals surface area contributed by atoms with Crippen LogP contribution >= 0.6 is 0 Å². The number of anilines is 2. The molecule has 1 aromatic heterocycles. The normalized spacial score (nSPS) is 9.81. The first kappa shape index (κ1) is 10.4. The van der Waals surface area contributed by atoms with Gasteiger partial charge < -0.3 is 10.6 Å². The second-order valence-electron chi connectivity index (χ2n) is 3.22. The summed E-state index contributed by atoms with van der Waals surface area (Å²) in [5, 5.41) is 6.00. The lowest BCUT2D eigenvalue weighted by Gasteiger charge is -2.05. The van der Waals surface area contributed by atoms with E-state index >= 15 is 0 Å². The van der Waals surface area contributed by atoms with Crippen molar-refractivity contribution in [3.63, 3.8) is 0 Å². The first-order valence-electron chi connectivity index (χ1n) is 5.03. The topological polar surface area (TPSA) is 62.7 Å². The molecule has 1 heterocycles. The Kier molecular flexibility index (Phi) is 3.28. The van der Waals surface area contributed by atoms with Gasteiger partial charge in [-0.05, 0) is 5.56 Å². The molecule has 0 spiro atoms. The minimum absolute atomic E-state index is 0.561. The molecule has 0 aliphatic carbocycles. The summed E-state index contributed by atoms with van der Waals surface area (Å²) in [6.45, 7) is 0.702. The van der Waals surface area contributed by atoms with Gasteiger partial charge in [0.2, 0.25) is 11.9 Å². The van der Waals surface area contributed by atoms with Gasteiger partial charge in [0, 0.05) is 13.6 Å². The third-order valence-corrected chi connectivity index (χ3v) is 2.09. The molecule has 0 amide bonds. The van der Waals surface area contributed by atoms with E-state index in [-0.39, 0.29) is 0 Å². The van der Waals surface area contributed by atoms with Crippen molar-refractivity contribution >= 4 is 11.9 Å². The van der Waals surface area contributed by atoms with Gasteiger partial charge >= 0.3 is 0 Å². The largest absolute Gasteiger partial charge is 0.357 e. The van der Waals surface area contributed by atoms with Crippen molar-refractivity contribution in [1.82, 2.24) is 15.0 Å². The highest BCUT2D eigenvalue weighted by Gasteiger charge is 1.98. The van der Waals surface area contributed by atoms with Crippen LogP contribution in [0.15, 0.2) is 36.7 Å². The number of rotatable bonds is 4.